The third kappa shape index (κ3) is 5.35. The molecule has 2 rings (SSSR count). The van der Waals surface area contributed by atoms with Crippen LogP contribution in [-0.4, -0.2) is 33.5 Å². The van der Waals surface area contributed by atoms with E-state index in [4.69, 9.17) is 10.5 Å². The molecule has 0 aliphatic carbocycles. The fourth-order valence-electron chi connectivity index (χ4n) is 1.70. The predicted molar refractivity (Wildman–Crippen MR) is 90.1 cm³/mol. The lowest BCUT2D eigenvalue weighted by Gasteiger charge is -2.06. The Morgan fingerprint density at radius 1 is 1.13 bits per heavy atom. The molecule has 0 unspecified atom stereocenters. The zero-order chi connectivity index (χ0) is 17.2. The molecule has 0 radical (unpaired) electrons. The van der Waals surface area contributed by atoms with Gasteiger partial charge in [-0.3, -0.25) is 4.79 Å². The van der Waals surface area contributed by atoms with Crippen molar-refractivity contribution in [1.82, 2.24) is 0 Å². The van der Waals surface area contributed by atoms with Crippen molar-refractivity contribution in [2.45, 2.75) is 0 Å². The summed E-state index contributed by atoms with van der Waals surface area (Å²) >= 11 is 0. The van der Waals surface area contributed by atoms with E-state index in [1.165, 1.54) is 7.11 Å². The second-order valence-corrected chi connectivity index (χ2v) is 4.43. The zero-order valence-corrected chi connectivity index (χ0v) is 13.3. The Hall–Kier alpha value is -3.02. The number of anilines is 2. The third-order valence-corrected chi connectivity index (χ3v) is 3.00. The van der Waals surface area contributed by atoms with Gasteiger partial charge < -0.3 is 20.5 Å². The monoisotopic (exact) mass is 316 g/mol. The van der Waals surface area contributed by atoms with Crippen LogP contribution < -0.4 is 15.8 Å². The van der Waals surface area contributed by atoms with Crippen molar-refractivity contribution in [3.8, 4) is 5.75 Å². The van der Waals surface area contributed by atoms with Crippen LogP contribution >= 0.6 is 0 Å². The first kappa shape index (κ1) is 18.0. The van der Waals surface area contributed by atoms with E-state index in [0.29, 0.717) is 16.8 Å². The molecule has 122 valence electrons. The lowest BCUT2D eigenvalue weighted by molar-refractivity contribution is 0.0600. The van der Waals surface area contributed by atoms with Gasteiger partial charge in [-0.1, -0.05) is 0 Å². The number of aldehydes is 1. The van der Waals surface area contributed by atoms with Crippen molar-refractivity contribution in [3.05, 3.63) is 53.6 Å². The van der Waals surface area contributed by atoms with Gasteiger partial charge in [0.05, 0.1) is 31.2 Å². The fourth-order valence-corrected chi connectivity index (χ4v) is 1.70. The van der Waals surface area contributed by atoms with Gasteiger partial charge in [-0.05, 0) is 42.5 Å². The molecular weight excluding hydrogens is 296 g/mol. The maximum Gasteiger partial charge on any atom is 0.337 e. The Morgan fingerprint density at radius 3 is 2.26 bits per heavy atom. The van der Waals surface area contributed by atoms with Gasteiger partial charge in [-0.15, -0.1) is 0 Å². The number of hydrogen-bond donors (Lipinski definition) is 2. The Labute approximate surface area is 135 Å². The minimum absolute atomic E-state index is 0.364. The van der Waals surface area contributed by atoms with Crippen molar-refractivity contribution in [2.75, 3.05) is 32.3 Å². The summed E-state index contributed by atoms with van der Waals surface area (Å²) < 4.78 is 9.47. The minimum atomic E-state index is -0.364. The van der Waals surface area contributed by atoms with Crippen LogP contribution in [-0.2, 0) is 4.74 Å². The van der Waals surface area contributed by atoms with Crippen LogP contribution in [0.25, 0.3) is 0 Å². The van der Waals surface area contributed by atoms with Gasteiger partial charge in [-0.2, -0.15) is 0 Å². The van der Waals surface area contributed by atoms with E-state index >= 15 is 0 Å². The second-order valence-electron chi connectivity index (χ2n) is 4.43. The van der Waals surface area contributed by atoms with Gasteiger partial charge in [0.2, 0.25) is 0 Å². The largest absolute Gasteiger partial charge is 0.497 e. The van der Waals surface area contributed by atoms with Gasteiger partial charge >= 0.3 is 5.97 Å². The van der Waals surface area contributed by atoms with E-state index in [0.717, 1.165) is 17.7 Å². The van der Waals surface area contributed by atoms with Crippen molar-refractivity contribution < 1.29 is 19.1 Å². The van der Waals surface area contributed by atoms with Crippen LogP contribution in [0.2, 0.25) is 0 Å². The van der Waals surface area contributed by atoms with Crippen LogP contribution in [0.1, 0.15) is 20.7 Å². The lowest BCUT2D eigenvalue weighted by atomic mass is 10.2. The molecule has 0 amide bonds. The van der Waals surface area contributed by atoms with Crippen molar-refractivity contribution >= 4 is 23.6 Å². The quantitative estimate of drug-likeness (QED) is 0.512. The summed E-state index contributed by atoms with van der Waals surface area (Å²) in [7, 11) is 4.68. The van der Waals surface area contributed by atoms with Crippen molar-refractivity contribution in [1.29, 1.82) is 0 Å². The Morgan fingerprint density at radius 2 is 1.78 bits per heavy atom. The molecular formula is C17H20N2O4. The zero-order valence-electron chi connectivity index (χ0n) is 13.3. The SMILES string of the molecule is CNc1cc(C(=O)OC)ccc1N.COc1ccc(C=O)cc1. The van der Waals surface area contributed by atoms with Gasteiger partial charge in [0.25, 0.3) is 0 Å². The van der Waals surface area contributed by atoms with Crippen LogP contribution in [0.3, 0.4) is 0 Å². The highest BCUT2D eigenvalue weighted by atomic mass is 16.5. The number of nitrogen functional groups attached to an aromatic ring is 1. The number of esters is 1. The summed E-state index contributed by atoms with van der Waals surface area (Å²) in [5.74, 6) is 0.405. The Bertz CT molecular complexity index is 654. The molecule has 0 aromatic heterocycles. The molecule has 0 bridgehead atoms. The average Bonchev–Trinajstić information content (AvgIpc) is 2.62. The van der Waals surface area contributed by atoms with Gasteiger partial charge in [0.15, 0.2) is 0 Å². The number of benzene rings is 2. The maximum absolute atomic E-state index is 11.1. The van der Waals surface area contributed by atoms with E-state index in [-0.39, 0.29) is 5.97 Å². The molecule has 0 aliphatic rings. The summed E-state index contributed by atoms with van der Waals surface area (Å²) in [6.45, 7) is 0. The molecule has 2 aromatic carbocycles. The third-order valence-electron chi connectivity index (χ3n) is 3.00. The van der Waals surface area contributed by atoms with Crippen molar-refractivity contribution in [2.24, 2.45) is 0 Å². The van der Waals surface area contributed by atoms with Crippen LogP contribution in [0.15, 0.2) is 42.5 Å². The Balaban J connectivity index is 0.000000238. The molecule has 6 heteroatoms. The topological polar surface area (TPSA) is 90.7 Å². The molecule has 3 N–H and O–H groups in total. The Kier molecular flexibility index (Phi) is 7.13. The van der Waals surface area contributed by atoms with Gasteiger partial charge in [0.1, 0.15) is 12.0 Å². The smallest absolute Gasteiger partial charge is 0.337 e. The second kappa shape index (κ2) is 9.09. The van der Waals surface area contributed by atoms with Crippen LogP contribution in [0.5, 0.6) is 5.75 Å². The highest BCUT2D eigenvalue weighted by molar-refractivity contribution is 5.91. The van der Waals surface area contributed by atoms with E-state index in [1.807, 2.05) is 0 Å². The number of ether oxygens (including phenoxy) is 2. The summed E-state index contributed by atoms with van der Waals surface area (Å²) in [5, 5.41) is 2.88. The van der Waals surface area contributed by atoms with E-state index < -0.39 is 0 Å². The molecule has 0 saturated carbocycles. The standard InChI is InChI=1S/C9H12N2O2.C8H8O2/c1-11-8-5-6(9(12)13-2)3-4-7(8)10;1-10-8-4-2-7(6-9)3-5-8/h3-5,11H,10H2,1-2H3;2-6H,1H3. The summed E-state index contributed by atoms with van der Waals surface area (Å²) in [4.78, 5) is 21.3. The van der Waals surface area contributed by atoms with E-state index in [1.54, 1.807) is 56.6 Å². The average molecular weight is 316 g/mol. The first-order chi connectivity index (χ1) is 11.0. The summed E-state index contributed by atoms with van der Waals surface area (Å²) in [6.07, 6.45) is 0.805. The van der Waals surface area contributed by atoms with Gasteiger partial charge in [0, 0.05) is 12.6 Å². The molecule has 0 atom stereocenters. The highest BCUT2D eigenvalue weighted by Gasteiger charge is 2.06. The molecule has 0 fully saturated rings. The minimum Gasteiger partial charge on any atom is -0.497 e. The molecule has 2 aromatic rings. The van der Waals surface area contributed by atoms with E-state index in [2.05, 4.69) is 10.1 Å². The fraction of sp³-hybridized carbons (Fsp3) is 0.176. The highest BCUT2D eigenvalue weighted by Crippen LogP contribution is 2.19. The number of methoxy groups -OCH3 is 2. The normalized spacial score (nSPS) is 9.17. The molecule has 23 heavy (non-hydrogen) atoms. The molecule has 0 heterocycles. The molecule has 0 spiro atoms. The molecule has 0 saturated heterocycles. The molecule has 0 aliphatic heterocycles. The number of hydrogen-bond acceptors (Lipinski definition) is 6. The van der Waals surface area contributed by atoms with Crippen molar-refractivity contribution in [3.63, 3.8) is 0 Å². The molecule has 6 nitrogen and oxygen atoms in total. The lowest BCUT2D eigenvalue weighted by Crippen LogP contribution is -2.03. The maximum atomic E-state index is 11.1. The first-order valence-corrected chi connectivity index (χ1v) is 6.80. The van der Waals surface area contributed by atoms with E-state index in [9.17, 15) is 9.59 Å². The number of rotatable bonds is 4. The first-order valence-electron chi connectivity index (χ1n) is 6.80. The van der Waals surface area contributed by atoms with Crippen LogP contribution in [0, 0.1) is 0 Å². The predicted octanol–water partition coefficient (Wildman–Crippen LogP) is 2.60. The summed E-state index contributed by atoms with van der Waals surface area (Å²) in [5.41, 5.74) is 8.11. The number of nitrogens with one attached hydrogen (secondary N) is 1. The van der Waals surface area contributed by atoms with Crippen LogP contribution in [0.4, 0.5) is 11.4 Å². The van der Waals surface area contributed by atoms with Gasteiger partial charge in [-0.25, -0.2) is 4.79 Å². The number of carbonyl (C=O) groups excluding carboxylic acids is 2. The summed E-state index contributed by atoms with van der Waals surface area (Å²) in [6, 6.07) is 11.9. The number of carbonyl (C=O) groups is 2. The number of nitrogens with two attached hydrogens (primary N) is 1.